The average molecular weight is 372 g/mol. The molecule has 3 rings (SSSR count). The molecule has 1 fully saturated rings. The first-order valence-electron chi connectivity index (χ1n) is 9.41. The Morgan fingerprint density at radius 1 is 1.44 bits per heavy atom. The lowest BCUT2D eigenvalue weighted by molar-refractivity contribution is 0.185. The summed E-state index contributed by atoms with van der Waals surface area (Å²) < 4.78 is 5.23. The maximum atomic E-state index is 10.5. The fraction of sp³-hybridized carbons (Fsp3) is 0.526. The third-order valence-corrected chi connectivity index (χ3v) is 4.84. The number of aliphatic hydroxyl groups excluding tert-OH is 1. The van der Waals surface area contributed by atoms with Gasteiger partial charge in [0.2, 0.25) is 0 Å². The summed E-state index contributed by atoms with van der Waals surface area (Å²) in [5.74, 6) is 2.95. The Balaban J connectivity index is 1.61. The summed E-state index contributed by atoms with van der Waals surface area (Å²) in [4.78, 5) is 11.2. The number of rotatable bonds is 6. The zero-order valence-electron chi connectivity index (χ0n) is 15.9. The molecule has 27 heavy (non-hydrogen) atoms. The van der Waals surface area contributed by atoms with Gasteiger partial charge in [0.1, 0.15) is 17.9 Å². The molecule has 0 aliphatic carbocycles. The zero-order valence-corrected chi connectivity index (χ0v) is 15.9. The van der Waals surface area contributed by atoms with Crippen LogP contribution in [0.5, 0.6) is 5.75 Å². The molecule has 1 aromatic heterocycles. The highest BCUT2D eigenvalue weighted by molar-refractivity contribution is 5.80. The molecule has 0 spiro atoms. The molecule has 1 aromatic carbocycles. The number of aliphatic hydroxyl groups is 1. The molecule has 1 unspecified atom stereocenters. The Kier molecular flexibility index (Phi) is 6.64. The lowest BCUT2D eigenvalue weighted by Gasteiger charge is -2.33. The van der Waals surface area contributed by atoms with Crippen LogP contribution in [0.4, 0.5) is 0 Å². The molecule has 2 heterocycles. The van der Waals surface area contributed by atoms with Crippen molar-refractivity contribution < 1.29 is 9.84 Å². The molecule has 1 saturated heterocycles. The van der Waals surface area contributed by atoms with E-state index in [1.807, 2.05) is 24.3 Å². The second-order valence-electron chi connectivity index (χ2n) is 6.62. The highest BCUT2D eigenvalue weighted by Crippen LogP contribution is 2.25. The van der Waals surface area contributed by atoms with Crippen molar-refractivity contribution in [3.8, 4) is 5.75 Å². The number of hydrogen-bond donors (Lipinski definition) is 3. The molecule has 1 aliphatic heterocycles. The number of benzene rings is 1. The third-order valence-electron chi connectivity index (χ3n) is 4.84. The number of nitrogens with zero attached hydrogens (tertiary/aromatic N) is 4. The Bertz CT molecular complexity index is 726. The van der Waals surface area contributed by atoms with Crippen LogP contribution in [0.15, 0.2) is 35.6 Å². The molecular weight excluding hydrogens is 344 g/mol. The van der Waals surface area contributed by atoms with Gasteiger partial charge in [0.15, 0.2) is 5.96 Å². The first-order valence-corrected chi connectivity index (χ1v) is 9.41. The van der Waals surface area contributed by atoms with Crippen LogP contribution in [0.2, 0.25) is 0 Å². The topological polar surface area (TPSA) is 98.7 Å². The van der Waals surface area contributed by atoms with E-state index in [2.05, 4.69) is 37.3 Å². The number of aromatic amines is 1. The van der Waals surface area contributed by atoms with Crippen LogP contribution in [0.1, 0.15) is 43.2 Å². The van der Waals surface area contributed by atoms with Crippen molar-refractivity contribution in [3.63, 3.8) is 0 Å². The van der Waals surface area contributed by atoms with Crippen LogP contribution in [-0.2, 0) is 0 Å². The van der Waals surface area contributed by atoms with Crippen LogP contribution >= 0.6 is 0 Å². The number of ether oxygens (including phenoxy) is 1. The first-order chi connectivity index (χ1) is 13.2. The van der Waals surface area contributed by atoms with E-state index in [1.54, 1.807) is 13.4 Å². The first kappa shape index (κ1) is 19.2. The van der Waals surface area contributed by atoms with Crippen LogP contribution < -0.4 is 10.1 Å². The van der Waals surface area contributed by atoms with Gasteiger partial charge < -0.3 is 20.1 Å². The number of aliphatic imine (C=N–C) groups is 1. The van der Waals surface area contributed by atoms with Crippen molar-refractivity contribution in [1.29, 1.82) is 0 Å². The molecule has 1 atom stereocenters. The van der Waals surface area contributed by atoms with Gasteiger partial charge in [-0.1, -0.05) is 12.1 Å². The zero-order chi connectivity index (χ0) is 19.1. The molecule has 2 aromatic rings. The third kappa shape index (κ3) is 4.97. The molecule has 146 valence electrons. The SMILES string of the molecule is CCNC(=NCC(O)c1cccc(OC)c1)N1CCC(c2ncn[nH]2)CC1. The van der Waals surface area contributed by atoms with Gasteiger partial charge in [-0.3, -0.25) is 10.1 Å². The number of likely N-dealkylation sites (tertiary alicyclic amines) is 1. The summed E-state index contributed by atoms with van der Waals surface area (Å²) in [6, 6.07) is 7.47. The van der Waals surface area contributed by atoms with Gasteiger partial charge >= 0.3 is 0 Å². The van der Waals surface area contributed by atoms with Crippen LogP contribution in [0, 0.1) is 0 Å². The summed E-state index contributed by atoms with van der Waals surface area (Å²) in [6.07, 6.45) is 2.89. The highest BCUT2D eigenvalue weighted by Gasteiger charge is 2.24. The van der Waals surface area contributed by atoms with Gasteiger partial charge in [-0.15, -0.1) is 0 Å². The van der Waals surface area contributed by atoms with Crippen molar-refractivity contribution in [1.82, 2.24) is 25.4 Å². The van der Waals surface area contributed by atoms with Gasteiger partial charge in [0, 0.05) is 25.6 Å². The average Bonchev–Trinajstić information content (AvgIpc) is 3.26. The molecule has 0 amide bonds. The predicted octanol–water partition coefficient (Wildman–Crippen LogP) is 1.69. The summed E-state index contributed by atoms with van der Waals surface area (Å²) in [6.45, 7) is 4.93. The summed E-state index contributed by atoms with van der Waals surface area (Å²) in [7, 11) is 1.62. The quantitative estimate of drug-likeness (QED) is 0.527. The number of hydrogen-bond acceptors (Lipinski definition) is 5. The van der Waals surface area contributed by atoms with Gasteiger partial charge in [-0.25, -0.2) is 4.98 Å². The molecule has 0 radical (unpaired) electrons. The summed E-state index contributed by atoms with van der Waals surface area (Å²) in [5.41, 5.74) is 0.804. The van der Waals surface area contributed by atoms with Gasteiger partial charge in [0.05, 0.1) is 19.8 Å². The standard InChI is InChI=1S/C19H28N6O2/c1-3-20-19(21-12-17(26)15-5-4-6-16(11-15)27-2)25-9-7-14(8-10-25)18-22-13-23-24-18/h4-6,11,13-14,17,26H,3,7-10,12H2,1-2H3,(H,20,21)(H,22,23,24). The predicted molar refractivity (Wildman–Crippen MR) is 104 cm³/mol. The van der Waals surface area contributed by atoms with E-state index in [9.17, 15) is 5.11 Å². The maximum absolute atomic E-state index is 10.5. The minimum Gasteiger partial charge on any atom is -0.497 e. The highest BCUT2D eigenvalue weighted by atomic mass is 16.5. The van der Waals surface area contributed by atoms with E-state index in [-0.39, 0.29) is 0 Å². The minimum absolute atomic E-state index is 0.303. The van der Waals surface area contributed by atoms with Crippen LogP contribution in [0.3, 0.4) is 0 Å². The summed E-state index contributed by atoms with van der Waals surface area (Å²) >= 11 is 0. The molecule has 1 aliphatic rings. The molecule has 3 N–H and O–H groups in total. The van der Waals surface area contributed by atoms with Crippen LogP contribution in [-0.4, -0.2) is 64.4 Å². The second kappa shape index (κ2) is 9.36. The van der Waals surface area contributed by atoms with E-state index in [1.165, 1.54) is 0 Å². The van der Waals surface area contributed by atoms with Crippen molar-refractivity contribution in [2.75, 3.05) is 33.3 Å². The number of guanidine groups is 1. The van der Waals surface area contributed by atoms with Gasteiger partial charge in [-0.2, -0.15) is 5.10 Å². The van der Waals surface area contributed by atoms with Crippen molar-refractivity contribution in [3.05, 3.63) is 42.0 Å². The Morgan fingerprint density at radius 3 is 2.93 bits per heavy atom. The Labute approximate surface area is 159 Å². The fourth-order valence-electron chi connectivity index (χ4n) is 3.33. The molecular formula is C19H28N6O2. The second-order valence-corrected chi connectivity index (χ2v) is 6.62. The van der Waals surface area contributed by atoms with Gasteiger partial charge in [-0.05, 0) is 37.5 Å². The van der Waals surface area contributed by atoms with Crippen molar-refractivity contribution in [2.24, 2.45) is 4.99 Å². The summed E-state index contributed by atoms with van der Waals surface area (Å²) in [5, 5.41) is 20.8. The molecule has 0 saturated carbocycles. The normalized spacial score (nSPS) is 17.0. The Hall–Kier alpha value is -2.61. The van der Waals surface area contributed by atoms with Gasteiger partial charge in [0.25, 0.3) is 0 Å². The van der Waals surface area contributed by atoms with Crippen LogP contribution in [0.25, 0.3) is 0 Å². The lowest BCUT2D eigenvalue weighted by Crippen LogP contribution is -2.45. The molecule has 0 bridgehead atoms. The van der Waals surface area contributed by atoms with E-state index in [0.29, 0.717) is 12.5 Å². The number of methoxy groups -OCH3 is 1. The smallest absolute Gasteiger partial charge is 0.194 e. The van der Waals surface area contributed by atoms with E-state index >= 15 is 0 Å². The van der Waals surface area contributed by atoms with Crippen molar-refractivity contribution >= 4 is 5.96 Å². The maximum Gasteiger partial charge on any atom is 0.194 e. The Morgan fingerprint density at radius 2 is 2.26 bits per heavy atom. The molecule has 8 nitrogen and oxygen atoms in total. The van der Waals surface area contributed by atoms with E-state index in [4.69, 9.17) is 4.74 Å². The van der Waals surface area contributed by atoms with E-state index < -0.39 is 6.10 Å². The fourth-order valence-corrected chi connectivity index (χ4v) is 3.33. The number of H-pyrrole nitrogens is 1. The lowest BCUT2D eigenvalue weighted by atomic mass is 9.96. The number of piperidine rings is 1. The molecule has 8 heteroatoms. The largest absolute Gasteiger partial charge is 0.497 e. The van der Waals surface area contributed by atoms with Crippen molar-refractivity contribution in [2.45, 2.75) is 31.8 Å². The number of aromatic nitrogens is 3. The van der Waals surface area contributed by atoms with E-state index in [0.717, 1.165) is 55.6 Å². The number of nitrogens with one attached hydrogen (secondary N) is 2. The monoisotopic (exact) mass is 372 g/mol. The minimum atomic E-state index is -0.666.